The zero-order valence-electron chi connectivity index (χ0n) is 10.2. The molecule has 0 radical (unpaired) electrons. The highest BCUT2D eigenvalue weighted by molar-refractivity contribution is 6.02. The summed E-state index contributed by atoms with van der Waals surface area (Å²) in [5.74, 6) is -1.12. The van der Waals surface area contributed by atoms with Crippen LogP contribution in [0.1, 0.15) is 12.8 Å². The van der Waals surface area contributed by atoms with Gasteiger partial charge in [-0.2, -0.15) is 0 Å². The number of alkyl halides is 3. The van der Waals surface area contributed by atoms with Gasteiger partial charge in [-0.25, -0.2) is 0 Å². The van der Waals surface area contributed by atoms with Crippen LogP contribution >= 0.6 is 0 Å². The van der Waals surface area contributed by atoms with Gasteiger partial charge in [-0.1, -0.05) is 12.1 Å². The van der Waals surface area contributed by atoms with Crippen molar-refractivity contribution >= 4 is 17.5 Å². The third-order valence-electron chi connectivity index (χ3n) is 2.70. The zero-order chi connectivity index (χ0) is 14.8. The molecular formula is C12H11F3N2O3. The van der Waals surface area contributed by atoms with Gasteiger partial charge >= 0.3 is 6.36 Å². The SMILES string of the molecule is O=C1CCC(=O)N1CNc1ccccc1OC(F)(F)F. The molecule has 0 unspecified atom stereocenters. The normalized spacial score (nSPS) is 15.7. The smallest absolute Gasteiger partial charge is 0.404 e. The number of para-hydroxylation sites is 2. The number of nitrogens with one attached hydrogen (secondary N) is 1. The highest BCUT2D eigenvalue weighted by Crippen LogP contribution is 2.30. The van der Waals surface area contributed by atoms with E-state index in [4.69, 9.17) is 0 Å². The first-order valence-corrected chi connectivity index (χ1v) is 5.78. The van der Waals surface area contributed by atoms with E-state index in [1.807, 2.05) is 0 Å². The second-order valence-corrected chi connectivity index (χ2v) is 4.09. The average Bonchev–Trinajstić information content (AvgIpc) is 2.66. The fourth-order valence-electron chi connectivity index (χ4n) is 1.79. The number of halogens is 3. The Morgan fingerprint density at radius 1 is 1.15 bits per heavy atom. The van der Waals surface area contributed by atoms with Gasteiger partial charge in [0.2, 0.25) is 11.8 Å². The third-order valence-corrected chi connectivity index (χ3v) is 2.70. The number of likely N-dealkylation sites (tertiary alicyclic amines) is 1. The molecule has 0 saturated carbocycles. The molecule has 2 amide bonds. The predicted molar refractivity (Wildman–Crippen MR) is 62.7 cm³/mol. The van der Waals surface area contributed by atoms with Gasteiger partial charge in [0, 0.05) is 12.8 Å². The van der Waals surface area contributed by atoms with Gasteiger partial charge in [-0.15, -0.1) is 13.2 Å². The van der Waals surface area contributed by atoms with E-state index in [0.29, 0.717) is 0 Å². The number of imide groups is 1. The van der Waals surface area contributed by atoms with E-state index in [1.165, 1.54) is 18.2 Å². The van der Waals surface area contributed by atoms with Crippen LogP contribution < -0.4 is 10.1 Å². The molecule has 1 heterocycles. The van der Waals surface area contributed by atoms with Crippen molar-refractivity contribution in [2.24, 2.45) is 0 Å². The summed E-state index contributed by atoms with van der Waals surface area (Å²) in [6.07, 6.45) is -4.56. The molecule has 0 aromatic heterocycles. The maximum atomic E-state index is 12.2. The minimum Gasteiger partial charge on any atom is -0.404 e. The third kappa shape index (κ3) is 3.40. The van der Waals surface area contributed by atoms with E-state index in [9.17, 15) is 22.8 Å². The number of nitrogens with zero attached hydrogens (tertiary/aromatic N) is 1. The monoisotopic (exact) mass is 288 g/mol. The number of hydrogen-bond acceptors (Lipinski definition) is 4. The summed E-state index contributed by atoms with van der Waals surface area (Å²) < 4.78 is 40.5. The number of rotatable bonds is 4. The van der Waals surface area contributed by atoms with Gasteiger partial charge in [0.1, 0.15) is 0 Å². The molecule has 1 fully saturated rings. The number of hydrogen-bond donors (Lipinski definition) is 1. The highest BCUT2D eigenvalue weighted by atomic mass is 19.4. The first kappa shape index (κ1) is 14.2. The van der Waals surface area contributed by atoms with Crippen LogP contribution in [-0.2, 0) is 9.59 Å². The lowest BCUT2D eigenvalue weighted by atomic mass is 10.3. The molecule has 0 atom stereocenters. The second kappa shape index (κ2) is 5.40. The molecule has 5 nitrogen and oxygen atoms in total. The van der Waals surface area contributed by atoms with Crippen molar-refractivity contribution < 1.29 is 27.5 Å². The van der Waals surface area contributed by atoms with Gasteiger partial charge in [-0.05, 0) is 12.1 Å². The largest absolute Gasteiger partial charge is 0.573 e. The maximum absolute atomic E-state index is 12.2. The Labute approximate surface area is 112 Å². The molecule has 108 valence electrons. The Morgan fingerprint density at radius 2 is 1.75 bits per heavy atom. The Kier molecular flexibility index (Phi) is 3.82. The highest BCUT2D eigenvalue weighted by Gasteiger charge is 2.32. The molecule has 0 aliphatic carbocycles. The van der Waals surface area contributed by atoms with E-state index in [2.05, 4.69) is 10.1 Å². The molecule has 8 heteroatoms. The molecule has 1 aromatic rings. The Bertz CT molecular complexity index is 515. The summed E-state index contributed by atoms with van der Waals surface area (Å²) in [6.45, 7) is -0.185. The van der Waals surface area contributed by atoms with Crippen molar-refractivity contribution in [3.8, 4) is 5.75 Å². The molecule has 0 bridgehead atoms. The van der Waals surface area contributed by atoms with Crippen LogP contribution in [0, 0.1) is 0 Å². The van der Waals surface area contributed by atoms with E-state index in [-0.39, 0.29) is 37.0 Å². The number of benzene rings is 1. The van der Waals surface area contributed by atoms with E-state index >= 15 is 0 Å². The van der Waals surface area contributed by atoms with Crippen LogP contribution in [0.2, 0.25) is 0 Å². The summed E-state index contributed by atoms with van der Waals surface area (Å²) in [4.78, 5) is 23.7. The number of anilines is 1. The Morgan fingerprint density at radius 3 is 2.35 bits per heavy atom. The fraction of sp³-hybridized carbons (Fsp3) is 0.333. The Hall–Kier alpha value is -2.25. The van der Waals surface area contributed by atoms with E-state index in [0.717, 1.165) is 11.0 Å². The summed E-state index contributed by atoms with van der Waals surface area (Å²) in [7, 11) is 0. The number of ether oxygens (including phenoxy) is 1. The van der Waals surface area contributed by atoms with Crippen molar-refractivity contribution in [1.29, 1.82) is 0 Å². The lowest BCUT2D eigenvalue weighted by Crippen LogP contribution is -2.34. The molecule has 1 N–H and O–H groups in total. The van der Waals surface area contributed by atoms with Gasteiger partial charge in [0.05, 0.1) is 12.4 Å². The fourth-order valence-corrected chi connectivity index (χ4v) is 1.79. The van der Waals surface area contributed by atoms with E-state index in [1.54, 1.807) is 0 Å². The van der Waals surface area contributed by atoms with Crippen LogP contribution in [0.4, 0.5) is 18.9 Å². The molecule has 1 aromatic carbocycles. The lowest BCUT2D eigenvalue weighted by Gasteiger charge is -2.18. The maximum Gasteiger partial charge on any atom is 0.573 e. The molecular weight excluding hydrogens is 277 g/mol. The molecule has 1 saturated heterocycles. The lowest BCUT2D eigenvalue weighted by molar-refractivity contribution is -0.274. The molecule has 1 aliphatic rings. The van der Waals surface area contributed by atoms with Crippen molar-refractivity contribution in [2.75, 3.05) is 12.0 Å². The van der Waals surface area contributed by atoms with Crippen LogP contribution in [0.15, 0.2) is 24.3 Å². The first-order valence-electron chi connectivity index (χ1n) is 5.78. The standard InChI is InChI=1S/C12H11F3N2O3/c13-12(14,15)20-9-4-2-1-3-8(9)16-7-17-10(18)5-6-11(17)19/h1-4,16H,5-7H2. The molecule has 1 aliphatic heterocycles. The average molecular weight is 288 g/mol. The van der Waals surface area contributed by atoms with Gasteiger partial charge in [-0.3, -0.25) is 14.5 Å². The molecule has 20 heavy (non-hydrogen) atoms. The summed E-state index contributed by atoms with van der Waals surface area (Å²) in [5.41, 5.74) is 0.0531. The number of amides is 2. The quantitative estimate of drug-likeness (QED) is 0.862. The van der Waals surface area contributed by atoms with Gasteiger partial charge < -0.3 is 10.1 Å². The summed E-state index contributed by atoms with van der Waals surface area (Å²) in [5, 5.41) is 2.60. The number of carbonyl (C=O) groups excluding carboxylic acids is 2. The summed E-state index contributed by atoms with van der Waals surface area (Å²) in [6, 6.07) is 5.41. The Balaban J connectivity index is 2.06. The van der Waals surface area contributed by atoms with Crippen LogP contribution in [0.3, 0.4) is 0 Å². The minimum atomic E-state index is -4.81. The van der Waals surface area contributed by atoms with Crippen molar-refractivity contribution in [2.45, 2.75) is 19.2 Å². The number of carbonyl (C=O) groups is 2. The van der Waals surface area contributed by atoms with Crippen molar-refractivity contribution in [3.63, 3.8) is 0 Å². The van der Waals surface area contributed by atoms with Crippen LogP contribution in [0.25, 0.3) is 0 Å². The predicted octanol–water partition coefficient (Wildman–Crippen LogP) is 2.10. The van der Waals surface area contributed by atoms with Crippen molar-refractivity contribution in [1.82, 2.24) is 4.90 Å². The van der Waals surface area contributed by atoms with Crippen molar-refractivity contribution in [3.05, 3.63) is 24.3 Å². The van der Waals surface area contributed by atoms with Gasteiger partial charge in [0.15, 0.2) is 5.75 Å². The van der Waals surface area contributed by atoms with Gasteiger partial charge in [0.25, 0.3) is 0 Å². The zero-order valence-corrected chi connectivity index (χ0v) is 10.2. The van der Waals surface area contributed by atoms with Crippen LogP contribution in [-0.4, -0.2) is 29.7 Å². The van der Waals surface area contributed by atoms with Crippen LogP contribution in [0.5, 0.6) is 5.75 Å². The first-order chi connectivity index (χ1) is 9.37. The second-order valence-electron chi connectivity index (χ2n) is 4.09. The topological polar surface area (TPSA) is 58.6 Å². The van der Waals surface area contributed by atoms with E-state index < -0.39 is 12.1 Å². The minimum absolute atomic E-state index is 0.0531. The summed E-state index contributed by atoms with van der Waals surface area (Å²) >= 11 is 0. The molecule has 2 rings (SSSR count). The molecule has 0 spiro atoms.